The summed E-state index contributed by atoms with van der Waals surface area (Å²) in [5.41, 5.74) is 2.19. The average molecular weight is 590 g/mol. The molecule has 3 aromatic rings. The summed E-state index contributed by atoms with van der Waals surface area (Å²) in [4.78, 5) is 17.6. The minimum absolute atomic E-state index is 0.0627. The van der Waals surface area contributed by atoms with E-state index in [4.69, 9.17) is 28.9 Å². The van der Waals surface area contributed by atoms with E-state index in [1.54, 1.807) is 12.1 Å². The predicted octanol–water partition coefficient (Wildman–Crippen LogP) is 7.50. The normalized spacial score (nSPS) is 12.9. The second-order valence-electron chi connectivity index (χ2n) is 8.11. The second-order valence-corrected chi connectivity index (χ2v) is 8.99. The molecule has 0 unspecified atom stereocenters. The van der Waals surface area contributed by atoms with Crippen LogP contribution in [0.15, 0.2) is 71.7 Å². The number of benzene rings is 3. The molecule has 1 amide bonds. The molecule has 0 heterocycles. The van der Waals surface area contributed by atoms with Crippen molar-refractivity contribution < 1.29 is 36.2 Å². The maximum atomic E-state index is 13.8. The number of aromatic hydroxyl groups is 1. The van der Waals surface area contributed by atoms with Gasteiger partial charge in [0.15, 0.2) is 0 Å². The minimum atomic E-state index is -4.91. The minimum Gasteiger partial charge on any atom is -0.507 e. The molecule has 0 radical (unpaired) electrons. The highest BCUT2D eigenvalue weighted by molar-refractivity contribution is 6.31. The molecule has 5 nitrogen and oxygen atoms in total. The Morgan fingerprint density at radius 2 is 1.54 bits per heavy atom. The first-order valence-corrected chi connectivity index (χ1v) is 11.6. The molecule has 0 aliphatic heterocycles. The molecule has 0 fully saturated rings. The van der Waals surface area contributed by atoms with Crippen molar-refractivity contribution in [1.82, 2.24) is 0 Å². The molecule has 3 rings (SSSR count). The number of halogens is 8. The fraction of sp³-hybridized carbons (Fsp3) is 0.154. The SMILES string of the molecule is CN=C(C=C(N)c1ccc(N(Cc2ccc(Cl)cc2)C(=O)c2ccc(Cl)cc2C(F)(F)F)cc1O)C(F)(F)F. The van der Waals surface area contributed by atoms with Crippen LogP contribution in [0.3, 0.4) is 0 Å². The summed E-state index contributed by atoms with van der Waals surface area (Å²) in [5.74, 6) is -1.71. The van der Waals surface area contributed by atoms with E-state index in [9.17, 15) is 36.2 Å². The van der Waals surface area contributed by atoms with E-state index in [2.05, 4.69) is 4.99 Å². The average Bonchev–Trinajstić information content (AvgIpc) is 2.85. The number of allylic oxidation sites excluding steroid dienone is 1. The van der Waals surface area contributed by atoms with Crippen molar-refractivity contribution in [2.45, 2.75) is 18.9 Å². The van der Waals surface area contributed by atoms with Crippen LogP contribution in [0.2, 0.25) is 10.0 Å². The van der Waals surface area contributed by atoms with E-state index in [0.29, 0.717) is 22.7 Å². The van der Waals surface area contributed by atoms with Gasteiger partial charge in [-0.05, 0) is 54.1 Å². The fourth-order valence-electron chi connectivity index (χ4n) is 3.57. The standard InChI is InChI=1S/C26H19Cl2F6N3O2/c1-36-23(26(32,33)34)12-21(35)19-9-7-17(11-22(19)38)37(13-14-2-4-15(27)5-3-14)24(39)18-8-6-16(28)10-20(18)25(29,30)31/h2-12,38H,13,35H2,1H3. The van der Waals surface area contributed by atoms with Gasteiger partial charge < -0.3 is 15.7 Å². The Hall–Kier alpha value is -3.70. The zero-order valence-corrected chi connectivity index (χ0v) is 21.4. The van der Waals surface area contributed by atoms with E-state index >= 15 is 0 Å². The van der Waals surface area contributed by atoms with Crippen LogP contribution >= 0.6 is 23.2 Å². The Morgan fingerprint density at radius 1 is 0.949 bits per heavy atom. The summed E-state index contributed by atoms with van der Waals surface area (Å²) in [7, 11) is 0.918. The van der Waals surface area contributed by atoms with Crippen molar-refractivity contribution in [2.24, 2.45) is 10.7 Å². The summed E-state index contributed by atoms with van der Waals surface area (Å²) in [6.07, 6.45) is -9.19. The second kappa shape index (κ2) is 11.6. The Morgan fingerprint density at radius 3 is 2.08 bits per heavy atom. The number of carbonyl (C=O) groups excluding carboxylic acids is 1. The Bertz CT molecular complexity index is 1440. The van der Waals surface area contributed by atoms with Crippen LogP contribution in [0, 0.1) is 0 Å². The summed E-state index contributed by atoms with van der Waals surface area (Å²) in [6, 6.07) is 12.2. The molecule has 0 aliphatic rings. The highest BCUT2D eigenvalue weighted by atomic mass is 35.5. The maximum Gasteiger partial charge on any atom is 0.432 e. The lowest BCUT2D eigenvalue weighted by molar-refractivity contribution is -0.137. The number of amides is 1. The van der Waals surface area contributed by atoms with Gasteiger partial charge in [-0.15, -0.1) is 0 Å². The van der Waals surface area contributed by atoms with Gasteiger partial charge in [0.1, 0.15) is 11.5 Å². The molecule has 3 aromatic carbocycles. The van der Waals surface area contributed by atoms with Gasteiger partial charge in [-0.25, -0.2) is 0 Å². The molecule has 206 valence electrons. The number of aliphatic imine (C=N–C) groups is 1. The fourth-order valence-corrected chi connectivity index (χ4v) is 3.86. The van der Waals surface area contributed by atoms with E-state index < -0.39 is 46.5 Å². The van der Waals surface area contributed by atoms with E-state index in [-0.39, 0.29) is 22.8 Å². The van der Waals surface area contributed by atoms with Gasteiger partial charge in [0.25, 0.3) is 5.91 Å². The van der Waals surface area contributed by atoms with E-state index in [0.717, 1.165) is 36.2 Å². The lowest BCUT2D eigenvalue weighted by Gasteiger charge is -2.25. The topological polar surface area (TPSA) is 78.9 Å². The highest BCUT2D eigenvalue weighted by Gasteiger charge is 2.37. The number of nitrogens with two attached hydrogens (primary N) is 1. The number of anilines is 1. The van der Waals surface area contributed by atoms with E-state index in [1.165, 1.54) is 18.2 Å². The molecule has 0 atom stereocenters. The molecule has 0 spiro atoms. The van der Waals surface area contributed by atoms with Gasteiger partial charge in [0.2, 0.25) is 0 Å². The number of carbonyl (C=O) groups is 1. The molecule has 0 saturated heterocycles. The Labute approximate surface area is 228 Å². The first-order chi connectivity index (χ1) is 18.1. The van der Waals surface area contributed by atoms with Crippen molar-refractivity contribution >= 4 is 46.2 Å². The third-order valence-electron chi connectivity index (χ3n) is 5.44. The van der Waals surface area contributed by atoms with Crippen LogP contribution in [-0.4, -0.2) is 29.9 Å². The van der Waals surface area contributed by atoms with Crippen LogP contribution in [0.5, 0.6) is 5.75 Å². The van der Waals surface area contributed by atoms with Gasteiger partial charge in [0.05, 0.1) is 17.7 Å². The molecule has 0 aliphatic carbocycles. The number of phenols is 1. The molecule has 0 saturated carbocycles. The van der Waals surface area contributed by atoms with Gasteiger partial charge in [-0.1, -0.05) is 35.3 Å². The van der Waals surface area contributed by atoms with Gasteiger partial charge in [-0.2, -0.15) is 26.3 Å². The first-order valence-electron chi connectivity index (χ1n) is 10.9. The first kappa shape index (κ1) is 29.9. The number of alkyl halides is 6. The Kier molecular flexibility index (Phi) is 8.87. The third-order valence-corrected chi connectivity index (χ3v) is 5.93. The largest absolute Gasteiger partial charge is 0.507 e. The van der Waals surface area contributed by atoms with Crippen molar-refractivity contribution in [3.8, 4) is 5.75 Å². The summed E-state index contributed by atoms with van der Waals surface area (Å²) in [5, 5.41) is 10.7. The number of hydrogen-bond acceptors (Lipinski definition) is 4. The molecular weight excluding hydrogens is 571 g/mol. The number of nitrogens with zero attached hydrogens (tertiary/aromatic N) is 2. The van der Waals surface area contributed by atoms with Crippen LogP contribution < -0.4 is 10.6 Å². The maximum absolute atomic E-state index is 13.8. The zero-order valence-electron chi connectivity index (χ0n) is 19.9. The van der Waals surface area contributed by atoms with Crippen molar-refractivity contribution in [1.29, 1.82) is 0 Å². The van der Waals surface area contributed by atoms with Crippen LogP contribution in [-0.2, 0) is 12.7 Å². The van der Waals surface area contributed by atoms with Gasteiger partial charge in [0, 0.05) is 40.1 Å². The number of rotatable bonds is 6. The van der Waals surface area contributed by atoms with Crippen LogP contribution in [0.1, 0.15) is 27.0 Å². The van der Waals surface area contributed by atoms with Gasteiger partial charge in [-0.3, -0.25) is 9.79 Å². The van der Waals surface area contributed by atoms with Crippen molar-refractivity contribution in [3.05, 3.63) is 99.0 Å². The summed E-state index contributed by atoms with van der Waals surface area (Å²) < 4.78 is 80.4. The molecule has 39 heavy (non-hydrogen) atoms. The van der Waals surface area contributed by atoms with E-state index in [1.807, 2.05) is 0 Å². The van der Waals surface area contributed by atoms with Crippen LogP contribution in [0.25, 0.3) is 5.70 Å². The van der Waals surface area contributed by atoms with Crippen LogP contribution in [0.4, 0.5) is 32.0 Å². The zero-order chi connectivity index (χ0) is 29.1. The highest BCUT2D eigenvalue weighted by Crippen LogP contribution is 2.36. The van der Waals surface area contributed by atoms with Gasteiger partial charge >= 0.3 is 12.4 Å². The monoisotopic (exact) mass is 589 g/mol. The molecule has 0 bridgehead atoms. The van der Waals surface area contributed by atoms with Crippen molar-refractivity contribution in [2.75, 3.05) is 11.9 Å². The summed E-state index contributed by atoms with van der Waals surface area (Å²) >= 11 is 11.6. The molecular formula is C26H19Cl2F6N3O2. The lowest BCUT2D eigenvalue weighted by Crippen LogP contribution is -2.32. The number of phenolic OH excluding ortho intramolecular Hbond substituents is 1. The summed E-state index contributed by atoms with van der Waals surface area (Å²) in [6.45, 7) is -0.249. The molecule has 0 aromatic heterocycles. The smallest absolute Gasteiger partial charge is 0.432 e. The molecule has 13 heteroatoms. The Balaban J connectivity index is 2.11. The predicted molar refractivity (Wildman–Crippen MR) is 138 cm³/mol. The lowest BCUT2D eigenvalue weighted by atomic mass is 10.0. The molecule has 3 N–H and O–H groups in total. The quantitative estimate of drug-likeness (QED) is 0.231. The van der Waals surface area contributed by atoms with Crippen molar-refractivity contribution in [3.63, 3.8) is 0 Å². The number of hydrogen-bond donors (Lipinski definition) is 2. The third kappa shape index (κ3) is 7.24.